The molecule has 0 bridgehead atoms. The van der Waals surface area contributed by atoms with Gasteiger partial charge in [-0.25, -0.2) is 0 Å². The van der Waals surface area contributed by atoms with E-state index in [0.717, 1.165) is 12.8 Å². The molecule has 4 atom stereocenters. The third-order valence-corrected chi connectivity index (χ3v) is 6.60. The summed E-state index contributed by atoms with van der Waals surface area (Å²) >= 11 is 0. The summed E-state index contributed by atoms with van der Waals surface area (Å²) in [6, 6.07) is 0. The van der Waals surface area contributed by atoms with Gasteiger partial charge in [0, 0.05) is 5.57 Å². The minimum Gasteiger partial charge on any atom is -0.393 e. The fourth-order valence-electron chi connectivity index (χ4n) is 5.33. The molecule has 2 rings (SSSR count). The van der Waals surface area contributed by atoms with Gasteiger partial charge in [0.1, 0.15) is 12.4 Å². The van der Waals surface area contributed by atoms with Gasteiger partial charge in [0.15, 0.2) is 0 Å². The molecular formula is C20H32O3. The summed E-state index contributed by atoms with van der Waals surface area (Å²) in [4.78, 5) is 11.2. The summed E-state index contributed by atoms with van der Waals surface area (Å²) < 4.78 is 0. The fourth-order valence-corrected chi connectivity index (χ4v) is 5.33. The topological polar surface area (TPSA) is 57.5 Å². The zero-order valence-electron chi connectivity index (χ0n) is 14.8. The molecule has 3 nitrogen and oxygen atoms in total. The van der Waals surface area contributed by atoms with E-state index in [1.165, 1.54) is 31.3 Å². The van der Waals surface area contributed by atoms with E-state index in [0.29, 0.717) is 29.1 Å². The van der Waals surface area contributed by atoms with Gasteiger partial charge >= 0.3 is 0 Å². The molecule has 2 fully saturated rings. The molecule has 0 aromatic carbocycles. The minimum atomic E-state index is -1.07. The molecule has 0 aromatic rings. The van der Waals surface area contributed by atoms with Crippen LogP contribution in [0.5, 0.6) is 0 Å². The van der Waals surface area contributed by atoms with Crippen LogP contribution in [0.2, 0.25) is 0 Å². The van der Waals surface area contributed by atoms with Crippen molar-refractivity contribution in [2.45, 2.75) is 65.4 Å². The molecule has 3 heteroatoms. The fraction of sp³-hybridized carbons (Fsp3) is 0.750. The predicted molar refractivity (Wildman–Crippen MR) is 92.9 cm³/mol. The Morgan fingerprint density at radius 2 is 2.09 bits per heavy atom. The van der Waals surface area contributed by atoms with Gasteiger partial charge in [-0.2, -0.15) is 0 Å². The third kappa shape index (κ3) is 3.46. The highest BCUT2D eigenvalue weighted by Crippen LogP contribution is 2.61. The third-order valence-electron chi connectivity index (χ3n) is 6.60. The lowest BCUT2D eigenvalue weighted by atomic mass is 9.47. The molecule has 2 saturated carbocycles. The first kappa shape index (κ1) is 18.4. The van der Waals surface area contributed by atoms with E-state index >= 15 is 0 Å². The van der Waals surface area contributed by atoms with E-state index in [1.54, 1.807) is 0 Å². The summed E-state index contributed by atoms with van der Waals surface area (Å²) in [6.45, 7) is 11.1. The second-order valence-electron chi connectivity index (χ2n) is 8.41. The van der Waals surface area contributed by atoms with Crippen LogP contribution in [0.4, 0.5) is 0 Å². The van der Waals surface area contributed by atoms with Crippen molar-refractivity contribution in [1.29, 1.82) is 0 Å². The maximum absolute atomic E-state index is 11.2. The molecule has 0 amide bonds. The van der Waals surface area contributed by atoms with Gasteiger partial charge in [-0.1, -0.05) is 45.4 Å². The van der Waals surface area contributed by atoms with E-state index in [4.69, 9.17) is 5.11 Å². The van der Waals surface area contributed by atoms with Gasteiger partial charge < -0.3 is 10.2 Å². The molecular weight excluding hydrogens is 288 g/mol. The van der Waals surface area contributed by atoms with Crippen LogP contribution in [0.25, 0.3) is 0 Å². The number of fused-ring (bicyclic) bond motifs is 1. The molecule has 0 spiro atoms. The number of hydrogen-bond donors (Lipinski definition) is 2. The number of hydrogen-bond acceptors (Lipinski definition) is 3. The number of rotatable bonds is 5. The normalized spacial score (nSPS) is 35.5. The zero-order valence-corrected chi connectivity index (χ0v) is 14.8. The molecule has 0 aromatic heterocycles. The monoisotopic (exact) mass is 320 g/mol. The van der Waals surface area contributed by atoms with Crippen LogP contribution in [0.1, 0.15) is 59.3 Å². The highest BCUT2D eigenvalue weighted by Gasteiger charge is 2.52. The minimum absolute atomic E-state index is 0.214. The van der Waals surface area contributed by atoms with Crippen LogP contribution in [0, 0.1) is 22.7 Å². The number of aliphatic hydroxyl groups is 2. The molecule has 0 aliphatic heterocycles. The maximum atomic E-state index is 11.2. The Kier molecular flexibility index (Phi) is 5.52. The molecule has 2 N–H and O–H groups in total. The van der Waals surface area contributed by atoms with Crippen LogP contribution in [0.15, 0.2) is 23.8 Å². The second kappa shape index (κ2) is 6.90. The Morgan fingerprint density at radius 3 is 2.70 bits per heavy atom. The molecule has 0 heterocycles. The van der Waals surface area contributed by atoms with Crippen LogP contribution < -0.4 is 0 Å². The SMILES string of the molecule is C=C1CC[C@H]2C(C)(C)CCC[C@]2(C)[C@H]1C/C=C(/C=O)C(O)CO. The molecule has 23 heavy (non-hydrogen) atoms. The van der Waals surface area contributed by atoms with Gasteiger partial charge in [-0.05, 0) is 54.8 Å². The van der Waals surface area contributed by atoms with Gasteiger partial charge in [0.2, 0.25) is 0 Å². The first-order chi connectivity index (χ1) is 10.8. The molecule has 2 aliphatic carbocycles. The number of aliphatic hydroxyl groups excluding tert-OH is 2. The van der Waals surface area contributed by atoms with E-state index in [9.17, 15) is 9.90 Å². The van der Waals surface area contributed by atoms with Gasteiger partial charge in [0.05, 0.1) is 6.61 Å². The van der Waals surface area contributed by atoms with Crippen LogP contribution in [-0.2, 0) is 4.79 Å². The lowest BCUT2D eigenvalue weighted by Crippen LogP contribution is -2.49. The van der Waals surface area contributed by atoms with E-state index in [2.05, 4.69) is 27.4 Å². The summed E-state index contributed by atoms with van der Waals surface area (Å²) in [5.74, 6) is 1.02. The van der Waals surface area contributed by atoms with Crippen molar-refractivity contribution in [3.63, 3.8) is 0 Å². The van der Waals surface area contributed by atoms with Crippen LogP contribution >= 0.6 is 0 Å². The predicted octanol–water partition coefficient (Wildman–Crippen LogP) is 3.65. The van der Waals surface area contributed by atoms with E-state index < -0.39 is 12.7 Å². The molecule has 1 unspecified atom stereocenters. The highest BCUT2D eigenvalue weighted by atomic mass is 16.3. The average Bonchev–Trinajstić information content (AvgIpc) is 2.48. The van der Waals surface area contributed by atoms with Crippen molar-refractivity contribution in [2.24, 2.45) is 22.7 Å². The number of aldehydes is 1. The zero-order chi connectivity index (χ0) is 17.3. The maximum Gasteiger partial charge on any atom is 0.148 e. The Morgan fingerprint density at radius 1 is 1.39 bits per heavy atom. The van der Waals surface area contributed by atoms with Crippen molar-refractivity contribution < 1.29 is 15.0 Å². The smallest absolute Gasteiger partial charge is 0.148 e. The average molecular weight is 320 g/mol. The summed E-state index contributed by atoms with van der Waals surface area (Å²) in [5, 5.41) is 18.8. The first-order valence-corrected chi connectivity index (χ1v) is 8.88. The first-order valence-electron chi connectivity index (χ1n) is 8.88. The van der Waals surface area contributed by atoms with Crippen molar-refractivity contribution in [3.05, 3.63) is 23.8 Å². The molecule has 130 valence electrons. The van der Waals surface area contributed by atoms with Gasteiger partial charge in [0.25, 0.3) is 0 Å². The Bertz CT molecular complexity index is 491. The Hall–Kier alpha value is -0.930. The van der Waals surface area contributed by atoms with Crippen molar-refractivity contribution in [3.8, 4) is 0 Å². The standard InChI is InChI=1S/C20H32O3/c1-14-6-9-18-19(2,3)10-5-11-20(18,4)16(14)8-7-15(12-21)17(23)13-22/h7,12,16-18,22-23H,1,5-6,8-11,13H2,2-4H3/b15-7-/t16-,17?,18-,20+/m0/s1. The highest BCUT2D eigenvalue weighted by molar-refractivity contribution is 5.74. The summed E-state index contributed by atoms with van der Waals surface area (Å²) in [6.07, 6.45) is 8.14. The van der Waals surface area contributed by atoms with Crippen molar-refractivity contribution in [2.75, 3.05) is 6.61 Å². The van der Waals surface area contributed by atoms with E-state index in [1.807, 2.05) is 6.08 Å². The van der Waals surface area contributed by atoms with Crippen LogP contribution in [0.3, 0.4) is 0 Å². The quantitative estimate of drug-likeness (QED) is 0.462. The van der Waals surface area contributed by atoms with E-state index in [-0.39, 0.29) is 5.41 Å². The Balaban J connectivity index is 2.26. The Labute approximate surface area is 140 Å². The van der Waals surface area contributed by atoms with Crippen LogP contribution in [-0.4, -0.2) is 29.2 Å². The number of allylic oxidation sites excluding steroid dienone is 2. The molecule has 2 aliphatic rings. The lowest BCUT2D eigenvalue weighted by Gasteiger charge is -2.58. The van der Waals surface area contributed by atoms with Crippen molar-refractivity contribution >= 4 is 6.29 Å². The lowest BCUT2D eigenvalue weighted by molar-refractivity contribution is -0.106. The number of carbonyl (C=O) groups excluding carboxylic acids is 1. The summed E-state index contributed by atoms with van der Waals surface area (Å²) in [7, 11) is 0. The number of carbonyl (C=O) groups is 1. The molecule has 0 radical (unpaired) electrons. The van der Waals surface area contributed by atoms with Gasteiger partial charge in [-0.15, -0.1) is 0 Å². The summed E-state index contributed by atoms with van der Waals surface area (Å²) in [5.41, 5.74) is 2.14. The largest absolute Gasteiger partial charge is 0.393 e. The van der Waals surface area contributed by atoms with Crippen molar-refractivity contribution in [1.82, 2.24) is 0 Å². The molecule has 0 saturated heterocycles. The second-order valence-corrected chi connectivity index (χ2v) is 8.41. The van der Waals surface area contributed by atoms with Gasteiger partial charge in [-0.3, -0.25) is 4.79 Å².